The number of nitrogen functional groups attached to an aromatic ring is 1. The van der Waals surface area contributed by atoms with Crippen LogP contribution in [0.2, 0.25) is 0 Å². The second-order valence-corrected chi connectivity index (χ2v) is 8.44. The molecule has 0 bridgehead atoms. The van der Waals surface area contributed by atoms with Crippen molar-refractivity contribution in [2.75, 3.05) is 45.1 Å². The number of nitrogens with one attached hydrogen (secondary N) is 1. The number of anilines is 1. The summed E-state index contributed by atoms with van der Waals surface area (Å²) in [6.45, 7) is 5.00. The normalized spacial score (nSPS) is 18.6. The number of amides is 1. The molecule has 172 valence electrons. The lowest BCUT2D eigenvalue weighted by Gasteiger charge is -2.14. The first-order chi connectivity index (χ1) is 16.2. The van der Waals surface area contributed by atoms with E-state index in [0.717, 1.165) is 37.3 Å². The minimum Gasteiger partial charge on any atom is -0.470 e. The zero-order chi connectivity index (χ0) is 22.6. The van der Waals surface area contributed by atoms with Crippen molar-refractivity contribution in [3.8, 4) is 17.1 Å². The molecule has 0 radical (unpaired) electrons. The van der Waals surface area contributed by atoms with E-state index in [-0.39, 0.29) is 18.0 Å². The maximum absolute atomic E-state index is 12.5. The van der Waals surface area contributed by atoms with E-state index in [4.69, 9.17) is 20.2 Å². The van der Waals surface area contributed by atoms with Crippen LogP contribution in [0.5, 0.6) is 5.88 Å². The predicted octanol–water partition coefficient (Wildman–Crippen LogP) is 2.27. The Hall–Kier alpha value is -3.30. The summed E-state index contributed by atoms with van der Waals surface area (Å²) in [6, 6.07) is 11.2. The molecule has 3 aromatic rings. The van der Waals surface area contributed by atoms with Gasteiger partial charge < -0.3 is 25.4 Å². The number of ether oxygens (including phenoxy) is 2. The molecule has 2 aliphatic rings. The quantitative estimate of drug-likeness (QED) is 0.566. The van der Waals surface area contributed by atoms with Gasteiger partial charge in [-0.05, 0) is 50.2 Å². The van der Waals surface area contributed by atoms with Crippen LogP contribution in [0.25, 0.3) is 22.3 Å². The fourth-order valence-electron chi connectivity index (χ4n) is 4.24. The molecule has 2 aromatic heterocycles. The van der Waals surface area contributed by atoms with Crippen molar-refractivity contribution >= 4 is 22.9 Å². The Kier molecular flexibility index (Phi) is 6.32. The van der Waals surface area contributed by atoms with E-state index in [0.29, 0.717) is 42.2 Å². The second kappa shape index (κ2) is 9.68. The van der Waals surface area contributed by atoms with Crippen LogP contribution in [0.15, 0.2) is 36.4 Å². The molecule has 2 fully saturated rings. The minimum atomic E-state index is -0.0729. The number of pyridine rings is 1. The van der Waals surface area contributed by atoms with Crippen LogP contribution >= 0.6 is 0 Å². The monoisotopic (exact) mass is 448 g/mol. The summed E-state index contributed by atoms with van der Waals surface area (Å²) in [7, 11) is 0. The number of nitrogens with zero attached hydrogens (tertiary/aromatic N) is 4. The lowest BCUT2D eigenvalue weighted by Crippen LogP contribution is -2.33. The van der Waals surface area contributed by atoms with E-state index < -0.39 is 0 Å². The molecule has 1 amide bonds. The Morgan fingerprint density at radius 3 is 2.70 bits per heavy atom. The van der Waals surface area contributed by atoms with E-state index in [1.807, 2.05) is 36.4 Å². The van der Waals surface area contributed by atoms with Crippen LogP contribution in [0.4, 0.5) is 5.95 Å². The fraction of sp³-hybridized carbons (Fsp3) is 0.417. The van der Waals surface area contributed by atoms with Gasteiger partial charge in [0, 0.05) is 30.6 Å². The molecule has 1 unspecified atom stereocenters. The van der Waals surface area contributed by atoms with Crippen LogP contribution in [0, 0.1) is 0 Å². The van der Waals surface area contributed by atoms with Crippen molar-refractivity contribution in [3.63, 3.8) is 0 Å². The Morgan fingerprint density at radius 1 is 1.12 bits per heavy atom. The van der Waals surface area contributed by atoms with Gasteiger partial charge in [-0.15, -0.1) is 0 Å². The molecule has 4 heterocycles. The zero-order valence-corrected chi connectivity index (χ0v) is 18.5. The van der Waals surface area contributed by atoms with Crippen LogP contribution in [-0.2, 0) is 4.74 Å². The number of nitrogens with two attached hydrogens (primary N) is 1. The molecular formula is C24H28N6O3. The first kappa shape index (κ1) is 21.5. The molecule has 2 saturated heterocycles. The van der Waals surface area contributed by atoms with E-state index in [1.165, 1.54) is 12.8 Å². The van der Waals surface area contributed by atoms with Gasteiger partial charge >= 0.3 is 0 Å². The number of hydrogen-bond donors (Lipinski definition) is 2. The van der Waals surface area contributed by atoms with Crippen molar-refractivity contribution in [2.45, 2.75) is 25.4 Å². The summed E-state index contributed by atoms with van der Waals surface area (Å²) in [5, 5.41) is 3.00. The maximum atomic E-state index is 12.5. The summed E-state index contributed by atoms with van der Waals surface area (Å²) < 4.78 is 11.4. The highest BCUT2D eigenvalue weighted by molar-refractivity contribution is 5.94. The van der Waals surface area contributed by atoms with Crippen LogP contribution in [-0.4, -0.2) is 71.3 Å². The van der Waals surface area contributed by atoms with E-state index in [2.05, 4.69) is 20.2 Å². The van der Waals surface area contributed by atoms with E-state index in [9.17, 15) is 4.79 Å². The summed E-state index contributed by atoms with van der Waals surface area (Å²) in [4.78, 5) is 28.1. The average molecular weight is 449 g/mol. The molecule has 33 heavy (non-hydrogen) atoms. The third kappa shape index (κ3) is 5.04. The molecule has 3 N–H and O–H groups in total. The Balaban J connectivity index is 1.31. The SMILES string of the molecule is Nc1nc(OC2CCOC2)c2nc(-c3ccc(C(=O)NCCN4CCCC4)cc3)ccc2n1. The summed E-state index contributed by atoms with van der Waals surface area (Å²) >= 11 is 0. The van der Waals surface area contributed by atoms with E-state index >= 15 is 0 Å². The third-order valence-corrected chi connectivity index (χ3v) is 6.05. The Labute approximate surface area is 192 Å². The van der Waals surface area contributed by atoms with Gasteiger partial charge in [-0.25, -0.2) is 9.97 Å². The number of aromatic nitrogens is 3. The molecule has 0 aliphatic carbocycles. The molecule has 5 rings (SSSR count). The summed E-state index contributed by atoms with van der Waals surface area (Å²) in [5.41, 5.74) is 9.29. The predicted molar refractivity (Wildman–Crippen MR) is 125 cm³/mol. The molecule has 1 aromatic carbocycles. The number of likely N-dealkylation sites (tertiary alicyclic amines) is 1. The smallest absolute Gasteiger partial charge is 0.251 e. The lowest BCUT2D eigenvalue weighted by atomic mass is 10.1. The second-order valence-electron chi connectivity index (χ2n) is 8.44. The lowest BCUT2D eigenvalue weighted by molar-refractivity contribution is 0.0949. The number of rotatable bonds is 7. The average Bonchev–Trinajstić information content (AvgIpc) is 3.53. The van der Waals surface area contributed by atoms with Crippen molar-refractivity contribution in [3.05, 3.63) is 42.0 Å². The number of carbonyl (C=O) groups excluding carboxylic acids is 1. The number of hydrogen-bond acceptors (Lipinski definition) is 8. The van der Waals surface area contributed by atoms with Gasteiger partial charge in [0.25, 0.3) is 5.91 Å². The van der Waals surface area contributed by atoms with Gasteiger partial charge in [-0.3, -0.25) is 4.79 Å². The largest absolute Gasteiger partial charge is 0.470 e. The van der Waals surface area contributed by atoms with Crippen molar-refractivity contribution in [1.82, 2.24) is 25.2 Å². The summed E-state index contributed by atoms with van der Waals surface area (Å²) in [5.74, 6) is 0.445. The third-order valence-electron chi connectivity index (χ3n) is 6.05. The fourth-order valence-corrected chi connectivity index (χ4v) is 4.24. The number of carbonyl (C=O) groups is 1. The zero-order valence-electron chi connectivity index (χ0n) is 18.5. The van der Waals surface area contributed by atoms with Crippen molar-refractivity contribution < 1.29 is 14.3 Å². The summed E-state index contributed by atoms with van der Waals surface area (Å²) in [6.07, 6.45) is 3.23. The van der Waals surface area contributed by atoms with E-state index in [1.54, 1.807) is 0 Å². The molecule has 9 heteroatoms. The standard InChI is InChI=1S/C24H28N6O3/c25-24-28-20-8-7-19(27-21(20)23(29-24)33-18-9-14-32-15-18)16-3-5-17(6-4-16)22(31)26-10-13-30-11-1-2-12-30/h3-8,18H,1-2,9-15H2,(H,26,31)(H2,25,28,29). The highest BCUT2D eigenvalue weighted by atomic mass is 16.5. The topological polar surface area (TPSA) is 115 Å². The molecule has 2 aliphatic heterocycles. The Bertz CT molecular complexity index is 1120. The van der Waals surface area contributed by atoms with Gasteiger partial charge in [0.1, 0.15) is 6.10 Å². The molecule has 1 atom stereocenters. The molecular weight excluding hydrogens is 420 g/mol. The van der Waals surface area contributed by atoms with Crippen molar-refractivity contribution in [2.24, 2.45) is 0 Å². The van der Waals surface area contributed by atoms with Gasteiger partial charge in [-0.1, -0.05) is 12.1 Å². The first-order valence-corrected chi connectivity index (χ1v) is 11.5. The number of benzene rings is 1. The first-order valence-electron chi connectivity index (χ1n) is 11.5. The molecule has 9 nitrogen and oxygen atoms in total. The maximum Gasteiger partial charge on any atom is 0.251 e. The minimum absolute atomic E-state index is 0.0643. The van der Waals surface area contributed by atoms with Crippen LogP contribution in [0.1, 0.15) is 29.6 Å². The van der Waals surface area contributed by atoms with Crippen LogP contribution < -0.4 is 15.8 Å². The highest BCUT2D eigenvalue weighted by Gasteiger charge is 2.21. The van der Waals surface area contributed by atoms with Gasteiger partial charge in [-0.2, -0.15) is 4.98 Å². The van der Waals surface area contributed by atoms with Gasteiger partial charge in [0.2, 0.25) is 11.8 Å². The van der Waals surface area contributed by atoms with Crippen LogP contribution in [0.3, 0.4) is 0 Å². The van der Waals surface area contributed by atoms with Gasteiger partial charge in [0.05, 0.1) is 24.4 Å². The highest BCUT2D eigenvalue weighted by Crippen LogP contribution is 2.27. The number of fused-ring (bicyclic) bond motifs is 1. The van der Waals surface area contributed by atoms with Gasteiger partial charge in [0.15, 0.2) is 5.52 Å². The van der Waals surface area contributed by atoms with Crippen molar-refractivity contribution in [1.29, 1.82) is 0 Å². The molecule has 0 spiro atoms. The Morgan fingerprint density at radius 2 is 1.94 bits per heavy atom. The molecule has 0 saturated carbocycles.